The molecule has 0 aliphatic rings. The molecule has 0 bridgehead atoms. The lowest BCUT2D eigenvalue weighted by Gasteiger charge is -2.01. The third-order valence-electron chi connectivity index (χ3n) is 0.451. The molecule has 7 heteroatoms. The molecule has 0 saturated heterocycles. The van der Waals surface area contributed by atoms with Crippen LogP contribution in [-0.4, -0.2) is 55.8 Å². The van der Waals surface area contributed by atoms with Gasteiger partial charge in [0.2, 0.25) is 0 Å². The van der Waals surface area contributed by atoms with E-state index in [4.69, 9.17) is 9.66 Å². The molecule has 0 aromatic carbocycles. The number of nitrogens with zero attached hydrogens (tertiary/aromatic N) is 1. The number of hydrogen-bond acceptors (Lipinski definition) is 4. The van der Waals surface area contributed by atoms with Crippen LogP contribution in [0, 0.1) is 0 Å². The van der Waals surface area contributed by atoms with Crippen molar-refractivity contribution in [2.45, 2.75) is 0 Å². The van der Waals surface area contributed by atoms with Gasteiger partial charge in [-0.15, -0.1) is 0 Å². The molecule has 0 radical (unpaired) electrons. The summed E-state index contributed by atoms with van der Waals surface area (Å²) in [5, 5.41) is 8.04. The first kappa shape index (κ1) is 13.9. The first-order valence-electron chi connectivity index (χ1n) is 2.92. The van der Waals surface area contributed by atoms with E-state index >= 15 is 0 Å². The summed E-state index contributed by atoms with van der Waals surface area (Å²) in [7, 11) is -0.234. The molecule has 0 aromatic heterocycles. The molecule has 12 heavy (non-hydrogen) atoms. The maximum atomic E-state index is 9.77. The van der Waals surface area contributed by atoms with Crippen LogP contribution in [0.15, 0.2) is 0 Å². The van der Waals surface area contributed by atoms with Crippen LogP contribution >= 0.6 is 0 Å². The van der Waals surface area contributed by atoms with Gasteiger partial charge in [0.1, 0.15) is 0 Å². The molecule has 0 aromatic rings. The van der Waals surface area contributed by atoms with Gasteiger partial charge in [-0.25, -0.2) is 0 Å². The fourth-order valence-corrected chi connectivity index (χ4v) is 0.271. The van der Waals surface area contributed by atoms with Crippen LogP contribution < -0.4 is 0 Å². The summed E-state index contributed by atoms with van der Waals surface area (Å²) >= 11 is 0. The molecule has 0 unspecified atom stereocenters. The minimum Gasteiger partial charge on any atom is -0.480 e. The Morgan fingerprint density at radius 3 is 1.67 bits per heavy atom. The minimum atomic E-state index is -3.67. The fraction of sp³-hybridized carbons (Fsp3) is 0.800. The lowest BCUT2D eigenvalue weighted by molar-refractivity contribution is -0.137. The number of hydrogen-bond donors (Lipinski definition) is 2. The van der Waals surface area contributed by atoms with Gasteiger partial charge in [-0.2, -0.15) is 8.42 Å². The van der Waals surface area contributed by atoms with E-state index < -0.39 is 16.1 Å². The molecule has 0 saturated carbocycles. The standard InChI is InChI=1S/C4H9NO2.CH4O3S/c1-5(2)3-4(6)7;1-5(2,3)4/h3H2,1-2H3,(H,6,7);1H3,(H,2,3,4). The van der Waals surface area contributed by atoms with Gasteiger partial charge in [-0.1, -0.05) is 0 Å². The van der Waals surface area contributed by atoms with Gasteiger partial charge >= 0.3 is 5.97 Å². The predicted molar refractivity (Wildman–Crippen MR) is 43.7 cm³/mol. The Bertz CT molecular complexity index is 212. The lowest BCUT2D eigenvalue weighted by Crippen LogP contribution is -2.20. The van der Waals surface area contributed by atoms with Crippen molar-refractivity contribution in [1.29, 1.82) is 0 Å². The first-order valence-corrected chi connectivity index (χ1v) is 4.76. The molecule has 0 rings (SSSR count). The second-order valence-corrected chi connectivity index (χ2v) is 3.83. The number of likely N-dealkylation sites (N-methyl/N-ethyl adjacent to an activating group) is 1. The van der Waals surface area contributed by atoms with E-state index in [1.165, 1.54) is 0 Å². The Balaban J connectivity index is 0. The Kier molecular flexibility index (Phi) is 6.86. The zero-order chi connectivity index (χ0) is 10.4. The lowest BCUT2D eigenvalue weighted by atomic mass is 10.6. The average Bonchev–Trinajstić information content (AvgIpc) is 1.52. The van der Waals surface area contributed by atoms with Crippen molar-refractivity contribution in [3.05, 3.63) is 0 Å². The minimum absolute atomic E-state index is 0.111. The van der Waals surface area contributed by atoms with Crippen LogP contribution in [0.1, 0.15) is 0 Å². The summed E-state index contributed by atoms with van der Waals surface area (Å²) in [6, 6.07) is 0. The van der Waals surface area contributed by atoms with Crippen molar-refractivity contribution < 1.29 is 22.9 Å². The molecule has 0 aliphatic heterocycles. The Morgan fingerprint density at radius 2 is 1.67 bits per heavy atom. The summed E-state index contributed by atoms with van der Waals surface area (Å²) in [5.41, 5.74) is 0. The van der Waals surface area contributed by atoms with E-state index in [2.05, 4.69) is 0 Å². The molecule has 0 spiro atoms. The fourth-order valence-electron chi connectivity index (χ4n) is 0.271. The first-order chi connectivity index (χ1) is 5.13. The smallest absolute Gasteiger partial charge is 0.317 e. The van der Waals surface area contributed by atoms with Crippen molar-refractivity contribution in [3.8, 4) is 0 Å². The van der Waals surface area contributed by atoms with Crippen LogP contribution in [-0.2, 0) is 14.9 Å². The summed E-state index contributed by atoms with van der Waals surface area (Å²) in [4.78, 5) is 11.4. The third-order valence-corrected chi connectivity index (χ3v) is 0.451. The van der Waals surface area contributed by atoms with Gasteiger partial charge in [0, 0.05) is 0 Å². The second-order valence-electron chi connectivity index (χ2n) is 2.36. The van der Waals surface area contributed by atoms with Crippen molar-refractivity contribution >= 4 is 16.1 Å². The van der Waals surface area contributed by atoms with Crippen LogP contribution in [0.3, 0.4) is 0 Å². The van der Waals surface area contributed by atoms with E-state index in [1.807, 2.05) is 0 Å². The van der Waals surface area contributed by atoms with Crippen LogP contribution in [0.2, 0.25) is 0 Å². The number of carboxylic acid groups (broad SMARTS) is 1. The molecular weight excluding hydrogens is 186 g/mol. The maximum Gasteiger partial charge on any atom is 0.317 e. The highest BCUT2D eigenvalue weighted by molar-refractivity contribution is 7.85. The second kappa shape index (κ2) is 5.92. The van der Waals surface area contributed by atoms with Crippen molar-refractivity contribution in [3.63, 3.8) is 0 Å². The highest BCUT2D eigenvalue weighted by Gasteiger charge is 1.94. The molecule has 0 heterocycles. The average molecular weight is 199 g/mol. The van der Waals surface area contributed by atoms with Gasteiger partial charge in [0.15, 0.2) is 0 Å². The number of aliphatic carboxylic acids is 1. The Morgan fingerprint density at radius 1 is 1.42 bits per heavy atom. The van der Waals surface area contributed by atoms with E-state index in [1.54, 1.807) is 19.0 Å². The van der Waals surface area contributed by atoms with Gasteiger partial charge in [-0.3, -0.25) is 14.2 Å². The number of rotatable bonds is 2. The summed E-state index contributed by atoms with van der Waals surface area (Å²) in [5.74, 6) is -0.787. The summed E-state index contributed by atoms with van der Waals surface area (Å²) in [6.07, 6.45) is 0.715. The van der Waals surface area contributed by atoms with E-state index in [9.17, 15) is 13.2 Å². The molecule has 0 fully saturated rings. The van der Waals surface area contributed by atoms with Gasteiger partial charge in [0.05, 0.1) is 12.8 Å². The predicted octanol–water partition coefficient (Wildman–Crippen LogP) is -0.863. The van der Waals surface area contributed by atoms with Crippen molar-refractivity contribution in [1.82, 2.24) is 4.90 Å². The topological polar surface area (TPSA) is 94.9 Å². The molecular formula is C5H13NO5S. The summed E-state index contributed by atoms with van der Waals surface area (Å²) in [6.45, 7) is 0.111. The highest BCUT2D eigenvalue weighted by atomic mass is 32.2. The van der Waals surface area contributed by atoms with Crippen molar-refractivity contribution in [2.24, 2.45) is 0 Å². The summed E-state index contributed by atoms with van der Waals surface area (Å²) < 4.78 is 25.9. The van der Waals surface area contributed by atoms with Crippen LogP contribution in [0.5, 0.6) is 0 Å². The maximum absolute atomic E-state index is 9.77. The Hall–Kier alpha value is -0.660. The molecule has 0 atom stereocenters. The van der Waals surface area contributed by atoms with Crippen molar-refractivity contribution in [2.75, 3.05) is 26.9 Å². The molecule has 6 nitrogen and oxygen atoms in total. The molecule has 0 aliphatic carbocycles. The molecule has 0 amide bonds. The highest BCUT2D eigenvalue weighted by Crippen LogP contribution is 1.69. The van der Waals surface area contributed by atoms with Crippen LogP contribution in [0.4, 0.5) is 0 Å². The number of carboxylic acids is 1. The van der Waals surface area contributed by atoms with E-state index in [-0.39, 0.29) is 6.54 Å². The van der Waals surface area contributed by atoms with E-state index in [0.29, 0.717) is 6.26 Å². The monoisotopic (exact) mass is 199 g/mol. The van der Waals surface area contributed by atoms with Crippen LogP contribution in [0.25, 0.3) is 0 Å². The zero-order valence-electron chi connectivity index (χ0n) is 7.18. The quantitative estimate of drug-likeness (QED) is 0.562. The molecule has 2 N–H and O–H groups in total. The largest absolute Gasteiger partial charge is 0.480 e. The molecule has 74 valence electrons. The van der Waals surface area contributed by atoms with E-state index in [0.717, 1.165) is 0 Å². The zero-order valence-corrected chi connectivity index (χ0v) is 8.00. The van der Waals surface area contributed by atoms with Gasteiger partial charge < -0.3 is 5.11 Å². The third kappa shape index (κ3) is 58.2. The normalized spacial score (nSPS) is 10.4. The van der Waals surface area contributed by atoms with Gasteiger partial charge in [0.25, 0.3) is 10.1 Å². The Labute approximate surface area is 71.5 Å². The number of carbonyl (C=O) groups is 1. The SMILES string of the molecule is CN(C)CC(=O)O.CS(=O)(=O)O. The van der Waals surface area contributed by atoms with Gasteiger partial charge in [-0.05, 0) is 14.1 Å².